The molecular weight excluding hydrogens is 181 g/mol. The van der Waals surface area contributed by atoms with Crippen molar-refractivity contribution >= 4 is 5.78 Å². The van der Waals surface area contributed by atoms with Crippen LogP contribution in [0.25, 0.3) is 0 Å². The summed E-state index contributed by atoms with van der Waals surface area (Å²) in [6, 6.07) is 5.96. The molecule has 1 rings (SSSR count). The van der Waals surface area contributed by atoms with E-state index in [0.717, 1.165) is 0 Å². The Morgan fingerprint density at radius 3 is 2.71 bits per heavy atom. The Morgan fingerprint density at radius 2 is 2.21 bits per heavy atom. The zero-order valence-corrected chi connectivity index (χ0v) is 8.04. The van der Waals surface area contributed by atoms with Gasteiger partial charge in [0.1, 0.15) is 11.7 Å². The number of hydrogen-bond acceptors (Lipinski definition) is 2. The summed E-state index contributed by atoms with van der Waals surface area (Å²) < 4.78 is 12.9. The highest BCUT2D eigenvalue weighted by molar-refractivity contribution is 5.99. The van der Waals surface area contributed by atoms with Crippen molar-refractivity contribution in [3.8, 4) is 6.07 Å². The molecule has 72 valence electrons. The van der Waals surface area contributed by atoms with Crippen LogP contribution in [0.4, 0.5) is 4.39 Å². The van der Waals surface area contributed by atoms with Gasteiger partial charge in [0, 0.05) is 5.56 Å². The van der Waals surface area contributed by atoms with Crippen molar-refractivity contribution in [1.82, 2.24) is 0 Å². The number of ketones is 1. The van der Waals surface area contributed by atoms with Crippen molar-refractivity contribution in [2.45, 2.75) is 13.8 Å². The highest BCUT2D eigenvalue weighted by Crippen LogP contribution is 2.13. The molecule has 0 fully saturated rings. The largest absolute Gasteiger partial charge is 0.293 e. The van der Waals surface area contributed by atoms with Gasteiger partial charge in [-0.05, 0) is 37.6 Å². The number of hydrogen-bond donors (Lipinski definition) is 0. The number of nitrogens with zero attached hydrogens (tertiary/aromatic N) is 1. The fourth-order valence-corrected chi connectivity index (χ4v) is 1.11. The van der Waals surface area contributed by atoms with Gasteiger partial charge in [0.25, 0.3) is 0 Å². The second-order valence-corrected chi connectivity index (χ2v) is 3.18. The Balaban J connectivity index is 3.04. The first-order valence-electron chi connectivity index (χ1n) is 4.26. The summed E-state index contributed by atoms with van der Waals surface area (Å²) in [4.78, 5) is 11.5. The Labute approximate surface area is 82.0 Å². The molecule has 1 atom stereocenters. The molecule has 1 aromatic rings. The molecule has 0 bridgehead atoms. The Morgan fingerprint density at radius 1 is 1.57 bits per heavy atom. The van der Waals surface area contributed by atoms with Crippen LogP contribution < -0.4 is 0 Å². The number of rotatable bonds is 2. The standard InChI is InChI=1S/C11H10FNO/c1-7-5-9(3-4-10(7)12)11(14)8(2)6-13/h3-5,8H,1-2H3. The molecular formula is C11H10FNO. The summed E-state index contributed by atoms with van der Waals surface area (Å²) in [5.74, 6) is -1.29. The minimum absolute atomic E-state index is 0.268. The van der Waals surface area contributed by atoms with Crippen LogP contribution in [0, 0.1) is 30.0 Å². The number of benzene rings is 1. The summed E-state index contributed by atoms with van der Waals surface area (Å²) >= 11 is 0. The van der Waals surface area contributed by atoms with Crippen molar-refractivity contribution in [3.05, 3.63) is 35.1 Å². The van der Waals surface area contributed by atoms with E-state index in [1.807, 2.05) is 6.07 Å². The van der Waals surface area contributed by atoms with E-state index in [1.165, 1.54) is 25.1 Å². The molecule has 0 aliphatic heterocycles. The molecule has 0 aromatic heterocycles. The number of Topliss-reactive ketones (excluding diaryl/α,β-unsaturated/α-hetero) is 1. The van der Waals surface area contributed by atoms with Gasteiger partial charge in [-0.1, -0.05) is 0 Å². The van der Waals surface area contributed by atoms with Gasteiger partial charge in [-0.3, -0.25) is 4.79 Å². The quantitative estimate of drug-likeness (QED) is 0.674. The predicted octanol–water partition coefficient (Wildman–Crippen LogP) is 2.48. The van der Waals surface area contributed by atoms with Gasteiger partial charge in [-0.25, -0.2) is 4.39 Å². The lowest BCUT2D eigenvalue weighted by Gasteiger charge is -2.03. The van der Waals surface area contributed by atoms with Crippen LogP contribution in [-0.2, 0) is 0 Å². The summed E-state index contributed by atoms with van der Waals surface area (Å²) in [7, 11) is 0. The van der Waals surface area contributed by atoms with Crippen molar-refractivity contribution in [2.75, 3.05) is 0 Å². The molecule has 0 N–H and O–H groups in total. The Kier molecular flexibility index (Phi) is 2.98. The first-order valence-corrected chi connectivity index (χ1v) is 4.26. The SMILES string of the molecule is Cc1cc(C(=O)C(C)C#N)ccc1F. The molecule has 14 heavy (non-hydrogen) atoms. The Bertz CT molecular complexity index is 406. The maximum atomic E-state index is 12.9. The van der Waals surface area contributed by atoms with E-state index in [4.69, 9.17) is 5.26 Å². The van der Waals surface area contributed by atoms with Crippen LogP contribution in [0.1, 0.15) is 22.8 Å². The highest BCUT2D eigenvalue weighted by Gasteiger charge is 2.14. The fourth-order valence-electron chi connectivity index (χ4n) is 1.11. The molecule has 0 spiro atoms. The first kappa shape index (κ1) is 10.4. The highest BCUT2D eigenvalue weighted by atomic mass is 19.1. The summed E-state index contributed by atoms with van der Waals surface area (Å²) in [5.41, 5.74) is 0.805. The maximum absolute atomic E-state index is 12.9. The van der Waals surface area contributed by atoms with E-state index >= 15 is 0 Å². The lowest BCUT2D eigenvalue weighted by Crippen LogP contribution is -2.09. The zero-order chi connectivity index (χ0) is 10.7. The van der Waals surface area contributed by atoms with E-state index in [0.29, 0.717) is 11.1 Å². The van der Waals surface area contributed by atoms with E-state index in [9.17, 15) is 9.18 Å². The van der Waals surface area contributed by atoms with E-state index in [-0.39, 0.29) is 11.6 Å². The van der Waals surface area contributed by atoms with E-state index < -0.39 is 5.92 Å². The van der Waals surface area contributed by atoms with Crippen molar-refractivity contribution in [2.24, 2.45) is 5.92 Å². The van der Waals surface area contributed by atoms with Gasteiger partial charge in [-0.15, -0.1) is 0 Å². The molecule has 0 amide bonds. The van der Waals surface area contributed by atoms with Crippen LogP contribution in [0.15, 0.2) is 18.2 Å². The van der Waals surface area contributed by atoms with Crippen LogP contribution in [0.2, 0.25) is 0 Å². The van der Waals surface area contributed by atoms with E-state index in [1.54, 1.807) is 6.92 Å². The molecule has 1 aromatic carbocycles. The third kappa shape index (κ3) is 1.97. The third-order valence-electron chi connectivity index (χ3n) is 2.03. The molecule has 2 nitrogen and oxygen atoms in total. The van der Waals surface area contributed by atoms with Gasteiger partial charge >= 0.3 is 0 Å². The molecule has 0 heterocycles. The minimum Gasteiger partial charge on any atom is -0.293 e. The lowest BCUT2D eigenvalue weighted by molar-refractivity contribution is 0.0956. The number of halogens is 1. The topological polar surface area (TPSA) is 40.9 Å². The number of carbonyl (C=O) groups is 1. The normalized spacial score (nSPS) is 11.9. The lowest BCUT2D eigenvalue weighted by atomic mass is 9.99. The van der Waals surface area contributed by atoms with Gasteiger partial charge in [0.15, 0.2) is 5.78 Å². The minimum atomic E-state index is -0.681. The molecule has 0 aliphatic rings. The second kappa shape index (κ2) is 4.01. The van der Waals surface area contributed by atoms with Gasteiger partial charge in [0.05, 0.1) is 6.07 Å². The van der Waals surface area contributed by atoms with Crippen molar-refractivity contribution < 1.29 is 9.18 Å². The fraction of sp³-hybridized carbons (Fsp3) is 0.273. The molecule has 0 radical (unpaired) electrons. The van der Waals surface area contributed by atoms with Crippen LogP contribution in [-0.4, -0.2) is 5.78 Å². The maximum Gasteiger partial charge on any atom is 0.179 e. The van der Waals surface area contributed by atoms with Gasteiger partial charge < -0.3 is 0 Å². The first-order chi connectivity index (χ1) is 6.56. The van der Waals surface area contributed by atoms with Crippen molar-refractivity contribution in [1.29, 1.82) is 5.26 Å². The molecule has 0 saturated heterocycles. The van der Waals surface area contributed by atoms with Gasteiger partial charge in [-0.2, -0.15) is 5.26 Å². The number of carbonyl (C=O) groups excluding carboxylic acids is 1. The summed E-state index contributed by atoms with van der Waals surface area (Å²) in [6.07, 6.45) is 0. The van der Waals surface area contributed by atoms with Crippen LogP contribution in [0.5, 0.6) is 0 Å². The van der Waals surface area contributed by atoms with Crippen LogP contribution in [0.3, 0.4) is 0 Å². The molecule has 0 saturated carbocycles. The van der Waals surface area contributed by atoms with E-state index in [2.05, 4.69) is 0 Å². The molecule has 0 aliphatic carbocycles. The zero-order valence-electron chi connectivity index (χ0n) is 8.04. The van der Waals surface area contributed by atoms with Crippen LogP contribution >= 0.6 is 0 Å². The number of nitriles is 1. The van der Waals surface area contributed by atoms with Gasteiger partial charge in [0.2, 0.25) is 0 Å². The summed E-state index contributed by atoms with van der Waals surface area (Å²) in [6.45, 7) is 3.12. The smallest absolute Gasteiger partial charge is 0.179 e. The average Bonchev–Trinajstić information content (AvgIpc) is 2.20. The average molecular weight is 191 g/mol. The second-order valence-electron chi connectivity index (χ2n) is 3.18. The molecule has 1 unspecified atom stereocenters. The predicted molar refractivity (Wildman–Crippen MR) is 50.2 cm³/mol. The monoisotopic (exact) mass is 191 g/mol. The third-order valence-corrected chi connectivity index (χ3v) is 2.03. The van der Waals surface area contributed by atoms with Crippen molar-refractivity contribution in [3.63, 3.8) is 0 Å². The number of aryl methyl sites for hydroxylation is 1. The molecule has 3 heteroatoms. The summed E-state index contributed by atoms with van der Waals surface area (Å²) in [5, 5.41) is 8.55. The Hall–Kier alpha value is -1.69.